The van der Waals surface area contributed by atoms with Crippen molar-refractivity contribution in [3.05, 3.63) is 100 Å². The van der Waals surface area contributed by atoms with E-state index in [1.165, 1.54) is 30.5 Å². The quantitative estimate of drug-likeness (QED) is 0.562. The fourth-order valence-corrected chi connectivity index (χ4v) is 3.08. The smallest absolute Gasteiger partial charge is 0.253 e. The Morgan fingerprint density at radius 2 is 1.89 bits per heavy atom. The minimum Gasteiger partial charge on any atom is -0.343 e. The van der Waals surface area contributed by atoms with E-state index in [-0.39, 0.29) is 17.3 Å². The van der Waals surface area contributed by atoms with Crippen molar-refractivity contribution in [3.8, 4) is 0 Å². The van der Waals surface area contributed by atoms with Crippen LogP contribution < -0.4 is 10.9 Å². The van der Waals surface area contributed by atoms with Gasteiger partial charge in [-0.3, -0.25) is 9.59 Å². The number of H-pyrrole nitrogens is 1. The fourth-order valence-electron chi connectivity index (χ4n) is 3.08. The van der Waals surface area contributed by atoms with E-state index in [9.17, 15) is 14.0 Å². The first-order valence-corrected chi connectivity index (χ1v) is 8.75. The third-order valence-corrected chi connectivity index (χ3v) is 4.53. The summed E-state index contributed by atoms with van der Waals surface area (Å²) in [5.74, 6) is -0.683. The summed E-state index contributed by atoms with van der Waals surface area (Å²) in [4.78, 5) is 30.8. The fraction of sp³-hybridized carbons (Fsp3) is 0.0952. The highest BCUT2D eigenvalue weighted by molar-refractivity contribution is 5.94. The van der Waals surface area contributed by atoms with Crippen molar-refractivity contribution >= 4 is 16.9 Å². The van der Waals surface area contributed by atoms with Crippen molar-refractivity contribution in [3.63, 3.8) is 0 Å². The van der Waals surface area contributed by atoms with Gasteiger partial charge in [0.15, 0.2) is 0 Å². The van der Waals surface area contributed by atoms with Gasteiger partial charge in [0, 0.05) is 18.8 Å². The number of hydrogen-bond donors (Lipinski definition) is 2. The predicted octanol–water partition coefficient (Wildman–Crippen LogP) is 3.04. The first-order valence-electron chi connectivity index (χ1n) is 8.75. The van der Waals surface area contributed by atoms with Gasteiger partial charge in [0.05, 0.1) is 29.0 Å². The number of rotatable bonds is 5. The Kier molecular flexibility index (Phi) is 4.72. The molecule has 4 aromatic rings. The van der Waals surface area contributed by atoms with Crippen LogP contribution in [0.15, 0.2) is 78.0 Å². The zero-order valence-electron chi connectivity index (χ0n) is 14.8. The molecule has 0 spiro atoms. The second kappa shape index (κ2) is 7.48. The minimum absolute atomic E-state index is 0.281. The monoisotopic (exact) mass is 376 g/mol. The van der Waals surface area contributed by atoms with Gasteiger partial charge in [-0.1, -0.05) is 24.3 Å². The Morgan fingerprint density at radius 1 is 1.11 bits per heavy atom. The maximum Gasteiger partial charge on any atom is 0.253 e. The van der Waals surface area contributed by atoms with Gasteiger partial charge < -0.3 is 14.9 Å². The molecule has 0 radical (unpaired) electrons. The normalized spacial score (nSPS) is 12.0. The Balaban J connectivity index is 1.65. The van der Waals surface area contributed by atoms with Crippen molar-refractivity contribution in [2.75, 3.05) is 0 Å². The lowest BCUT2D eigenvalue weighted by atomic mass is 10.1. The molecule has 0 aliphatic carbocycles. The van der Waals surface area contributed by atoms with Crippen LogP contribution in [0.1, 0.15) is 22.0 Å². The van der Waals surface area contributed by atoms with E-state index in [0.717, 1.165) is 16.6 Å². The first-order chi connectivity index (χ1) is 13.6. The molecule has 1 amide bonds. The van der Waals surface area contributed by atoms with Crippen LogP contribution in [0, 0.1) is 5.82 Å². The molecule has 7 heteroatoms. The summed E-state index contributed by atoms with van der Waals surface area (Å²) in [6.07, 6.45) is 3.08. The SMILES string of the molecule is O=C(N[C@@H](Cn1cnc2ccccc21)c1ccc(F)cc1)c1ccc(=O)[nH]c1. The van der Waals surface area contributed by atoms with Crippen LogP contribution >= 0.6 is 0 Å². The molecule has 4 rings (SSSR count). The van der Waals surface area contributed by atoms with Gasteiger partial charge in [0.25, 0.3) is 5.91 Å². The van der Waals surface area contributed by atoms with E-state index in [1.54, 1.807) is 18.5 Å². The Hall–Kier alpha value is -3.74. The van der Waals surface area contributed by atoms with Crippen LogP contribution in [-0.4, -0.2) is 20.4 Å². The number of hydrogen-bond acceptors (Lipinski definition) is 3. The van der Waals surface area contributed by atoms with Gasteiger partial charge >= 0.3 is 0 Å². The maximum absolute atomic E-state index is 13.4. The number of carbonyl (C=O) groups is 1. The summed E-state index contributed by atoms with van der Waals surface area (Å²) < 4.78 is 15.3. The zero-order chi connectivity index (χ0) is 19.5. The van der Waals surface area contributed by atoms with Gasteiger partial charge in [-0.15, -0.1) is 0 Å². The maximum atomic E-state index is 13.4. The van der Waals surface area contributed by atoms with Crippen LogP contribution in [0.5, 0.6) is 0 Å². The Labute approximate surface area is 159 Å². The van der Waals surface area contributed by atoms with Crippen molar-refractivity contribution in [1.29, 1.82) is 0 Å². The summed E-state index contributed by atoms with van der Waals surface area (Å²) in [5.41, 5.74) is 2.61. The van der Waals surface area contributed by atoms with E-state index in [0.29, 0.717) is 12.1 Å². The molecule has 1 atom stereocenters. The Morgan fingerprint density at radius 3 is 2.64 bits per heavy atom. The summed E-state index contributed by atoms with van der Waals surface area (Å²) >= 11 is 0. The number of nitrogens with one attached hydrogen (secondary N) is 2. The van der Waals surface area contributed by atoms with Crippen LogP contribution in [0.25, 0.3) is 11.0 Å². The van der Waals surface area contributed by atoms with Crippen molar-refractivity contribution in [2.24, 2.45) is 0 Å². The molecule has 140 valence electrons. The molecule has 28 heavy (non-hydrogen) atoms. The summed E-state index contributed by atoms with van der Waals surface area (Å²) in [6, 6.07) is 16.1. The van der Waals surface area contributed by atoms with E-state index < -0.39 is 6.04 Å². The molecule has 0 unspecified atom stereocenters. The molecular formula is C21H17FN4O2. The second-order valence-electron chi connectivity index (χ2n) is 6.40. The molecular weight excluding hydrogens is 359 g/mol. The van der Waals surface area contributed by atoms with Crippen LogP contribution in [0.2, 0.25) is 0 Å². The number of halogens is 1. The van der Waals surface area contributed by atoms with E-state index in [2.05, 4.69) is 15.3 Å². The number of nitrogens with zero attached hydrogens (tertiary/aromatic N) is 2. The van der Waals surface area contributed by atoms with Gasteiger partial charge in [0.2, 0.25) is 5.56 Å². The van der Waals surface area contributed by atoms with Gasteiger partial charge in [0.1, 0.15) is 5.82 Å². The molecule has 0 fully saturated rings. The summed E-state index contributed by atoms with van der Waals surface area (Å²) in [7, 11) is 0. The van der Waals surface area contributed by atoms with Crippen molar-refractivity contribution < 1.29 is 9.18 Å². The van der Waals surface area contributed by atoms with Crippen molar-refractivity contribution in [2.45, 2.75) is 12.6 Å². The molecule has 0 aliphatic heterocycles. The summed E-state index contributed by atoms with van der Waals surface area (Å²) in [5, 5.41) is 2.96. The lowest BCUT2D eigenvalue weighted by Gasteiger charge is -2.20. The number of aromatic nitrogens is 3. The van der Waals surface area contributed by atoms with E-state index in [4.69, 9.17) is 0 Å². The minimum atomic E-state index is -0.419. The lowest BCUT2D eigenvalue weighted by Crippen LogP contribution is -2.31. The van der Waals surface area contributed by atoms with Gasteiger partial charge in [-0.2, -0.15) is 0 Å². The number of amides is 1. The number of pyridine rings is 1. The Bertz CT molecular complexity index is 1160. The number of aromatic amines is 1. The highest BCUT2D eigenvalue weighted by Crippen LogP contribution is 2.20. The first kappa shape index (κ1) is 17.7. The average Bonchev–Trinajstić information content (AvgIpc) is 3.11. The lowest BCUT2D eigenvalue weighted by molar-refractivity contribution is 0.0932. The van der Waals surface area contributed by atoms with Crippen molar-refractivity contribution in [1.82, 2.24) is 19.9 Å². The van der Waals surface area contributed by atoms with Crippen LogP contribution in [-0.2, 0) is 6.54 Å². The van der Waals surface area contributed by atoms with Gasteiger partial charge in [-0.25, -0.2) is 9.37 Å². The molecule has 0 saturated heterocycles. The largest absolute Gasteiger partial charge is 0.343 e. The third-order valence-electron chi connectivity index (χ3n) is 4.53. The molecule has 6 nitrogen and oxygen atoms in total. The molecule has 0 aliphatic rings. The molecule has 2 heterocycles. The molecule has 0 bridgehead atoms. The topological polar surface area (TPSA) is 79.8 Å². The number of benzene rings is 2. The molecule has 2 N–H and O–H groups in total. The molecule has 2 aromatic carbocycles. The van der Waals surface area contributed by atoms with Crippen LogP contribution in [0.4, 0.5) is 4.39 Å². The molecule has 2 aromatic heterocycles. The van der Waals surface area contributed by atoms with Gasteiger partial charge in [-0.05, 0) is 35.9 Å². The van der Waals surface area contributed by atoms with Crippen LogP contribution in [0.3, 0.4) is 0 Å². The van der Waals surface area contributed by atoms with E-state index in [1.807, 2.05) is 28.8 Å². The highest BCUT2D eigenvalue weighted by atomic mass is 19.1. The highest BCUT2D eigenvalue weighted by Gasteiger charge is 2.18. The molecule has 0 saturated carbocycles. The zero-order valence-corrected chi connectivity index (χ0v) is 14.8. The predicted molar refractivity (Wildman–Crippen MR) is 103 cm³/mol. The number of carbonyl (C=O) groups excluding carboxylic acids is 1. The number of fused-ring (bicyclic) bond motifs is 1. The van der Waals surface area contributed by atoms with E-state index >= 15 is 0 Å². The third kappa shape index (κ3) is 3.68. The standard InChI is InChI=1S/C21H17FN4O2/c22-16-8-5-14(6-9-16)18(25-21(28)15-7-10-20(27)23-11-15)12-26-13-24-17-3-1-2-4-19(17)26/h1-11,13,18H,12H2,(H,23,27)(H,25,28)/t18-/m0/s1. The number of imidazole rings is 1. The average molecular weight is 376 g/mol. The summed E-state index contributed by atoms with van der Waals surface area (Å²) in [6.45, 7) is 0.418. The number of para-hydroxylation sites is 2. The second-order valence-corrected chi connectivity index (χ2v) is 6.40.